The molecule has 0 saturated carbocycles. The monoisotopic (exact) mass is 321 g/mol. The molecule has 11 nitrogen and oxygen atoms in total. The van der Waals surface area contributed by atoms with Crippen molar-refractivity contribution in [2.45, 2.75) is 25.8 Å². The summed E-state index contributed by atoms with van der Waals surface area (Å²) < 4.78 is 0. The number of carbonyl (C=O) groups is 4. The van der Waals surface area contributed by atoms with E-state index in [1.165, 1.54) is 0 Å². The Morgan fingerprint density at radius 1 is 1.14 bits per heavy atom. The SMILES string of the molecule is CC(=O)O.N.NC(CCC(=O)O)C(=O)O.NCC(=O)[O-].[Na+]. The van der Waals surface area contributed by atoms with E-state index in [0.29, 0.717) is 0 Å². The quantitative estimate of drug-likeness (QED) is 0.260. The first kappa shape index (κ1) is 31.9. The van der Waals surface area contributed by atoms with Gasteiger partial charge in [-0.1, -0.05) is 0 Å². The maximum Gasteiger partial charge on any atom is 1.00 e. The molecule has 0 aliphatic heterocycles. The van der Waals surface area contributed by atoms with Gasteiger partial charge in [-0.3, -0.25) is 14.4 Å². The fraction of sp³-hybridized carbons (Fsp3) is 0.556. The Balaban J connectivity index is -0.0000000664. The minimum atomic E-state index is -1.22. The summed E-state index contributed by atoms with van der Waals surface area (Å²) in [5, 5.41) is 32.8. The third-order valence-electron chi connectivity index (χ3n) is 1.15. The van der Waals surface area contributed by atoms with Gasteiger partial charge in [-0.15, -0.1) is 0 Å². The minimum Gasteiger partial charge on any atom is -0.549 e. The molecule has 0 aliphatic rings. The Bertz CT molecular complexity index is 309. The van der Waals surface area contributed by atoms with Crippen LogP contribution in [0.15, 0.2) is 0 Å². The number of aliphatic carboxylic acids is 4. The second kappa shape index (κ2) is 21.1. The summed E-state index contributed by atoms with van der Waals surface area (Å²) in [4.78, 5) is 38.0. The van der Waals surface area contributed by atoms with Crippen LogP contribution in [0.1, 0.15) is 19.8 Å². The average Bonchev–Trinajstić information content (AvgIpc) is 2.25. The molecule has 0 rings (SSSR count). The molecular weight excluding hydrogens is 301 g/mol. The van der Waals surface area contributed by atoms with Gasteiger partial charge in [0.25, 0.3) is 5.97 Å². The van der Waals surface area contributed by atoms with Gasteiger partial charge in [-0.2, -0.15) is 0 Å². The number of carboxylic acid groups (broad SMARTS) is 4. The fourth-order valence-electron chi connectivity index (χ4n) is 0.402. The van der Waals surface area contributed by atoms with Crippen LogP contribution in [0.25, 0.3) is 0 Å². The molecule has 0 aliphatic carbocycles. The van der Waals surface area contributed by atoms with E-state index in [0.717, 1.165) is 6.92 Å². The second-order valence-corrected chi connectivity index (χ2v) is 2.97. The van der Waals surface area contributed by atoms with Crippen LogP contribution in [0.2, 0.25) is 0 Å². The van der Waals surface area contributed by atoms with Crippen molar-refractivity contribution in [1.29, 1.82) is 0 Å². The summed E-state index contributed by atoms with van der Waals surface area (Å²) in [6.45, 7) is 0.694. The molecule has 0 heterocycles. The van der Waals surface area contributed by atoms with Crippen LogP contribution in [0.4, 0.5) is 0 Å². The molecule has 0 fully saturated rings. The van der Waals surface area contributed by atoms with Gasteiger partial charge in [0.2, 0.25) is 0 Å². The molecule has 120 valence electrons. The molecule has 0 radical (unpaired) electrons. The molecule has 0 aromatic carbocycles. The normalized spacial score (nSPS) is 8.90. The van der Waals surface area contributed by atoms with Gasteiger partial charge >= 0.3 is 41.5 Å². The average molecular weight is 321 g/mol. The van der Waals surface area contributed by atoms with E-state index < -0.39 is 29.9 Å². The van der Waals surface area contributed by atoms with Gasteiger partial charge in [0.05, 0.1) is 5.97 Å². The maximum atomic E-state index is 9.99. The summed E-state index contributed by atoms with van der Waals surface area (Å²) >= 11 is 0. The standard InChI is InChI=1S/C5H9NO4.C2H5NO2.C2H4O2.H3N.Na/c6-3(5(9)10)1-2-4(7)8;3-1-2(4)5;1-2(3)4;;/h3H,1-2,6H2,(H,7,8)(H,9,10);1,3H2,(H,4,5);1H3,(H,3,4);1H3;/q;;;;+1/p-1. The second-order valence-electron chi connectivity index (χ2n) is 2.97. The molecule has 21 heavy (non-hydrogen) atoms. The molecule has 12 heteroatoms. The largest absolute Gasteiger partial charge is 1.00 e. The van der Waals surface area contributed by atoms with Crippen molar-refractivity contribution in [1.82, 2.24) is 6.15 Å². The number of rotatable bonds is 5. The van der Waals surface area contributed by atoms with Crippen LogP contribution in [0.5, 0.6) is 0 Å². The van der Waals surface area contributed by atoms with E-state index in [9.17, 15) is 9.59 Å². The Morgan fingerprint density at radius 3 is 1.57 bits per heavy atom. The molecule has 0 spiro atoms. The molecule has 0 amide bonds. The van der Waals surface area contributed by atoms with Gasteiger partial charge in [-0.25, -0.2) is 0 Å². The smallest absolute Gasteiger partial charge is 0.549 e. The first-order valence-electron chi connectivity index (χ1n) is 4.84. The molecule has 10 N–H and O–H groups in total. The van der Waals surface area contributed by atoms with Crippen LogP contribution in [0, 0.1) is 0 Å². The summed E-state index contributed by atoms with van der Waals surface area (Å²) in [6.07, 6.45) is -0.224. The number of carboxylic acids is 4. The van der Waals surface area contributed by atoms with Crippen molar-refractivity contribution < 1.29 is 69.2 Å². The van der Waals surface area contributed by atoms with Crippen molar-refractivity contribution in [2.24, 2.45) is 11.5 Å². The molecule has 1 unspecified atom stereocenters. The van der Waals surface area contributed by atoms with Gasteiger partial charge < -0.3 is 42.8 Å². The Hall–Kier alpha value is -1.24. The minimum absolute atomic E-state index is 0. The molecule has 0 aromatic heterocycles. The van der Waals surface area contributed by atoms with Crippen LogP contribution >= 0.6 is 0 Å². The predicted molar refractivity (Wildman–Crippen MR) is 64.9 cm³/mol. The molecular formula is C9H20N3NaO8. The summed E-state index contributed by atoms with van der Waals surface area (Å²) in [7, 11) is 0. The summed E-state index contributed by atoms with van der Waals surface area (Å²) in [6, 6.07) is -1.06. The number of hydrogen-bond acceptors (Lipinski definition) is 8. The van der Waals surface area contributed by atoms with E-state index in [4.69, 9.17) is 35.7 Å². The number of carbonyl (C=O) groups excluding carboxylic acids is 1. The van der Waals surface area contributed by atoms with Gasteiger partial charge in [0, 0.05) is 19.9 Å². The molecule has 0 saturated heterocycles. The van der Waals surface area contributed by atoms with Crippen molar-refractivity contribution in [3.05, 3.63) is 0 Å². The van der Waals surface area contributed by atoms with Crippen molar-refractivity contribution in [3.63, 3.8) is 0 Å². The maximum absolute atomic E-state index is 9.99. The summed E-state index contributed by atoms with van der Waals surface area (Å²) in [5.41, 5.74) is 9.51. The number of nitrogens with two attached hydrogens (primary N) is 2. The number of hydrogen-bond donors (Lipinski definition) is 6. The predicted octanol–water partition coefficient (Wildman–Crippen LogP) is -5.79. The first-order chi connectivity index (χ1) is 8.54. The zero-order valence-corrected chi connectivity index (χ0v) is 13.9. The van der Waals surface area contributed by atoms with E-state index in [1.54, 1.807) is 0 Å². The van der Waals surface area contributed by atoms with Gasteiger partial charge in [-0.05, 0) is 6.42 Å². The van der Waals surface area contributed by atoms with Crippen molar-refractivity contribution >= 4 is 23.9 Å². The third kappa shape index (κ3) is 55.3. The van der Waals surface area contributed by atoms with Crippen LogP contribution in [-0.4, -0.2) is 51.8 Å². The Labute approximate surface area is 143 Å². The van der Waals surface area contributed by atoms with Crippen molar-refractivity contribution in [3.8, 4) is 0 Å². The van der Waals surface area contributed by atoms with Crippen LogP contribution < -0.4 is 52.3 Å². The van der Waals surface area contributed by atoms with Crippen LogP contribution in [0.3, 0.4) is 0 Å². The Kier molecular flexibility index (Phi) is 32.0. The molecule has 1 atom stereocenters. The van der Waals surface area contributed by atoms with E-state index in [-0.39, 0.29) is 55.1 Å². The topological polar surface area (TPSA) is 239 Å². The van der Waals surface area contributed by atoms with Gasteiger partial charge in [0.15, 0.2) is 0 Å². The molecule has 0 bridgehead atoms. The zero-order chi connectivity index (χ0) is 16.0. The van der Waals surface area contributed by atoms with Crippen LogP contribution in [-0.2, 0) is 19.2 Å². The van der Waals surface area contributed by atoms with Gasteiger partial charge in [0.1, 0.15) is 6.04 Å². The molecule has 0 aromatic rings. The van der Waals surface area contributed by atoms with Crippen molar-refractivity contribution in [2.75, 3.05) is 6.54 Å². The third-order valence-corrected chi connectivity index (χ3v) is 1.15. The van der Waals surface area contributed by atoms with E-state index >= 15 is 0 Å². The van der Waals surface area contributed by atoms with E-state index in [2.05, 4.69) is 5.73 Å². The zero-order valence-electron chi connectivity index (χ0n) is 11.9. The van der Waals surface area contributed by atoms with E-state index in [1.807, 2.05) is 0 Å². The Morgan fingerprint density at radius 2 is 1.43 bits per heavy atom. The fourth-order valence-corrected chi connectivity index (χ4v) is 0.402. The first-order valence-corrected chi connectivity index (χ1v) is 4.84. The summed E-state index contributed by atoms with van der Waals surface area (Å²) in [5.74, 6) is -4.25.